The Balaban J connectivity index is 1.47. The first-order valence-electron chi connectivity index (χ1n) is 8.85. The van der Waals surface area contributed by atoms with E-state index in [1.807, 2.05) is 11.9 Å². The number of ether oxygens (including phenoxy) is 1. The first-order chi connectivity index (χ1) is 11.3. The Morgan fingerprint density at radius 2 is 1.87 bits per heavy atom. The lowest BCUT2D eigenvalue weighted by molar-refractivity contribution is 0.0170. The van der Waals surface area contributed by atoms with Gasteiger partial charge in [-0.25, -0.2) is 4.31 Å². The minimum Gasteiger partial charge on any atom is -0.487 e. The predicted octanol–water partition coefficient (Wildman–Crippen LogP) is 2.53. The van der Waals surface area contributed by atoms with Crippen molar-refractivity contribution in [1.82, 2.24) is 9.62 Å². The molecule has 0 bridgehead atoms. The zero-order chi connectivity index (χ0) is 15.7. The number of hydrogen-bond acceptors (Lipinski definition) is 5. The molecule has 1 aromatic carbocycles. The van der Waals surface area contributed by atoms with Gasteiger partial charge in [-0.2, -0.15) is 0 Å². The standard InChI is InChI=1S/C18H27N3OS/c1-23-21-12-10-20(11-13-21)16-2-3-17-15(14-16)4-5-18(22-17)6-8-19-9-7-18/h2-3,14,19H,4-13H2,1H3. The van der Waals surface area contributed by atoms with E-state index in [4.69, 9.17) is 4.74 Å². The molecule has 3 aliphatic heterocycles. The molecule has 126 valence electrons. The van der Waals surface area contributed by atoms with Crippen molar-refractivity contribution in [2.45, 2.75) is 31.3 Å². The normalized spacial score (nSPS) is 24.3. The van der Waals surface area contributed by atoms with Gasteiger partial charge in [0.15, 0.2) is 0 Å². The molecule has 2 saturated heterocycles. The number of anilines is 1. The van der Waals surface area contributed by atoms with Crippen LogP contribution in [0.25, 0.3) is 0 Å². The molecule has 1 N–H and O–H groups in total. The van der Waals surface area contributed by atoms with Crippen molar-refractivity contribution in [3.63, 3.8) is 0 Å². The van der Waals surface area contributed by atoms with Crippen LogP contribution in [0.2, 0.25) is 0 Å². The summed E-state index contributed by atoms with van der Waals surface area (Å²) in [6, 6.07) is 6.85. The van der Waals surface area contributed by atoms with Crippen LogP contribution < -0.4 is 15.0 Å². The summed E-state index contributed by atoms with van der Waals surface area (Å²) < 4.78 is 8.91. The van der Waals surface area contributed by atoms with Crippen molar-refractivity contribution < 1.29 is 4.74 Å². The fourth-order valence-electron chi connectivity index (χ4n) is 4.07. The van der Waals surface area contributed by atoms with E-state index in [1.165, 1.54) is 17.7 Å². The van der Waals surface area contributed by atoms with Crippen LogP contribution in [0.4, 0.5) is 5.69 Å². The summed E-state index contributed by atoms with van der Waals surface area (Å²) in [6.45, 7) is 6.71. The molecule has 0 amide bonds. The highest BCUT2D eigenvalue weighted by atomic mass is 32.2. The molecule has 0 aromatic heterocycles. The number of nitrogens with one attached hydrogen (secondary N) is 1. The number of rotatable bonds is 2. The van der Waals surface area contributed by atoms with Gasteiger partial charge in [-0.3, -0.25) is 0 Å². The van der Waals surface area contributed by atoms with E-state index in [1.54, 1.807) is 0 Å². The average Bonchev–Trinajstić information content (AvgIpc) is 2.62. The highest BCUT2D eigenvalue weighted by molar-refractivity contribution is 7.96. The third-order valence-electron chi connectivity index (χ3n) is 5.60. The van der Waals surface area contributed by atoms with E-state index >= 15 is 0 Å². The van der Waals surface area contributed by atoms with Crippen molar-refractivity contribution >= 4 is 17.6 Å². The van der Waals surface area contributed by atoms with Gasteiger partial charge in [0, 0.05) is 31.9 Å². The Morgan fingerprint density at radius 3 is 2.61 bits per heavy atom. The molecule has 5 heteroatoms. The molecule has 3 heterocycles. The summed E-state index contributed by atoms with van der Waals surface area (Å²) in [5.41, 5.74) is 2.87. The van der Waals surface area contributed by atoms with Gasteiger partial charge >= 0.3 is 0 Å². The Morgan fingerprint density at radius 1 is 1.09 bits per heavy atom. The van der Waals surface area contributed by atoms with Crippen LogP contribution in [0.15, 0.2) is 18.2 Å². The number of fused-ring (bicyclic) bond motifs is 1. The van der Waals surface area contributed by atoms with E-state index in [0.717, 1.165) is 64.3 Å². The predicted molar refractivity (Wildman–Crippen MR) is 97.5 cm³/mol. The Labute approximate surface area is 143 Å². The average molecular weight is 334 g/mol. The molecule has 1 aromatic rings. The van der Waals surface area contributed by atoms with Crippen LogP contribution in [0.3, 0.4) is 0 Å². The molecule has 1 spiro atoms. The third-order valence-corrected chi connectivity index (χ3v) is 6.48. The lowest BCUT2D eigenvalue weighted by Gasteiger charge is -2.42. The van der Waals surface area contributed by atoms with E-state index in [2.05, 4.69) is 39.0 Å². The minimum atomic E-state index is 0.101. The molecule has 4 nitrogen and oxygen atoms in total. The number of hydrogen-bond donors (Lipinski definition) is 1. The maximum absolute atomic E-state index is 6.47. The Hall–Kier alpha value is -0.910. The van der Waals surface area contributed by atoms with Gasteiger partial charge in [0.25, 0.3) is 0 Å². The highest BCUT2D eigenvalue weighted by Crippen LogP contribution is 2.39. The molecule has 0 atom stereocenters. The molecule has 4 rings (SSSR count). The molecular formula is C18H27N3OS. The maximum atomic E-state index is 6.47. The van der Waals surface area contributed by atoms with Gasteiger partial charge in [0.1, 0.15) is 11.4 Å². The van der Waals surface area contributed by atoms with Crippen molar-refractivity contribution in [2.75, 3.05) is 50.4 Å². The van der Waals surface area contributed by atoms with Crippen LogP contribution in [0.1, 0.15) is 24.8 Å². The van der Waals surface area contributed by atoms with Crippen LogP contribution in [-0.2, 0) is 6.42 Å². The molecule has 2 fully saturated rings. The second-order valence-electron chi connectivity index (χ2n) is 6.93. The van der Waals surface area contributed by atoms with Crippen molar-refractivity contribution in [3.8, 4) is 5.75 Å². The zero-order valence-electron chi connectivity index (χ0n) is 14.0. The maximum Gasteiger partial charge on any atom is 0.123 e. The number of piperazine rings is 1. The van der Waals surface area contributed by atoms with Crippen molar-refractivity contribution in [1.29, 1.82) is 0 Å². The molecule has 23 heavy (non-hydrogen) atoms. The van der Waals surface area contributed by atoms with Crippen LogP contribution in [0, 0.1) is 0 Å². The monoisotopic (exact) mass is 333 g/mol. The minimum absolute atomic E-state index is 0.101. The molecule has 0 unspecified atom stereocenters. The van der Waals surface area contributed by atoms with Gasteiger partial charge in [0.2, 0.25) is 0 Å². The van der Waals surface area contributed by atoms with Gasteiger partial charge in [-0.1, -0.05) is 11.9 Å². The van der Waals surface area contributed by atoms with Gasteiger partial charge < -0.3 is 15.0 Å². The Kier molecular flexibility index (Phi) is 4.43. The van der Waals surface area contributed by atoms with Crippen molar-refractivity contribution in [2.24, 2.45) is 0 Å². The second kappa shape index (κ2) is 6.54. The molecule has 0 saturated carbocycles. The molecule has 0 aliphatic carbocycles. The fourth-order valence-corrected chi connectivity index (χ4v) is 4.60. The SMILES string of the molecule is CSN1CCN(c2ccc3c(c2)CCC2(CCNCC2)O3)CC1. The fraction of sp³-hybridized carbons (Fsp3) is 0.667. The zero-order valence-corrected chi connectivity index (χ0v) is 14.8. The van der Waals surface area contributed by atoms with Crippen LogP contribution >= 0.6 is 11.9 Å². The lowest BCUT2D eigenvalue weighted by Crippen LogP contribution is -2.48. The van der Waals surface area contributed by atoms with E-state index < -0.39 is 0 Å². The third kappa shape index (κ3) is 3.19. The quantitative estimate of drug-likeness (QED) is 0.840. The summed E-state index contributed by atoms with van der Waals surface area (Å²) in [7, 11) is 0. The first kappa shape index (κ1) is 15.6. The summed E-state index contributed by atoms with van der Waals surface area (Å²) >= 11 is 1.86. The van der Waals surface area contributed by atoms with Crippen LogP contribution in [0.5, 0.6) is 5.75 Å². The topological polar surface area (TPSA) is 27.7 Å². The first-order valence-corrected chi connectivity index (χ1v) is 10.0. The molecule has 3 aliphatic rings. The van der Waals surface area contributed by atoms with Gasteiger partial charge in [-0.05, 0) is 68.8 Å². The summed E-state index contributed by atoms with van der Waals surface area (Å²) in [4.78, 5) is 2.52. The summed E-state index contributed by atoms with van der Waals surface area (Å²) in [5.74, 6) is 1.13. The highest BCUT2D eigenvalue weighted by Gasteiger charge is 2.37. The summed E-state index contributed by atoms with van der Waals surface area (Å²) in [6.07, 6.45) is 6.79. The smallest absolute Gasteiger partial charge is 0.123 e. The number of nitrogens with zero attached hydrogens (tertiary/aromatic N) is 2. The summed E-state index contributed by atoms with van der Waals surface area (Å²) in [5, 5.41) is 3.45. The van der Waals surface area contributed by atoms with E-state index in [-0.39, 0.29) is 5.60 Å². The van der Waals surface area contributed by atoms with E-state index in [9.17, 15) is 0 Å². The molecular weight excluding hydrogens is 306 g/mol. The molecule has 0 radical (unpaired) electrons. The van der Waals surface area contributed by atoms with Gasteiger partial charge in [-0.15, -0.1) is 0 Å². The largest absolute Gasteiger partial charge is 0.487 e. The van der Waals surface area contributed by atoms with Crippen molar-refractivity contribution in [3.05, 3.63) is 23.8 Å². The lowest BCUT2D eigenvalue weighted by atomic mass is 9.83. The van der Waals surface area contributed by atoms with E-state index in [0.29, 0.717) is 0 Å². The second-order valence-corrected chi connectivity index (χ2v) is 7.81. The number of piperidine rings is 1. The Bertz CT molecular complexity index is 551. The van der Waals surface area contributed by atoms with Crippen LogP contribution in [-0.4, -0.2) is 55.4 Å². The number of benzene rings is 1. The van der Waals surface area contributed by atoms with Gasteiger partial charge in [0.05, 0.1) is 0 Å². The number of aryl methyl sites for hydroxylation is 1.